The van der Waals surface area contributed by atoms with E-state index in [0.29, 0.717) is 18.2 Å². The number of benzene rings is 2. The van der Waals surface area contributed by atoms with Crippen LogP contribution in [0, 0.1) is 27.1 Å². The molecule has 2 saturated carbocycles. The maximum Gasteiger partial charge on any atom is 0.265 e. The summed E-state index contributed by atoms with van der Waals surface area (Å²) in [5.74, 6) is -0.298. The van der Waals surface area contributed by atoms with Gasteiger partial charge in [0.15, 0.2) is 5.78 Å². The number of carbonyl (C=O) groups excluding carboxylic acids is 1. The molecule has 34 heavy (non-hydrogen) atoms. The third-order valence-corrected chi connectivity index (χ3v) is 9.73. The van der Waals surface area contributed by atoms with E-state index in [9.17, 15) is 22.7 Å². The second-order valence-corrected chi connectivity index (χ2v) is 12.4. The van der Waals surface area contributed by atoms with E-state index in [2.05, 4.69) is 10.0 Å². The number of hydrogen-bond donors (Lipinski definition) is 3. The van der Waals surface area contributed by atoms with E-state index in [1.807, 2.05) is 27.5 Å². The molecule has 3 fully saturated rings. The Morgan fingerprint density at radius 3 is 2.62 bits per heavy atom. The molecular weight excluding hydrogens is 572 g/mol. The Labute approximate surface area is 210 Å². The number of fused-ring (bicyclic) bond motifs is 6. The van der Waals surface area contributed by atoms with Crippen LogP contribution in [0.1, 0.15) is 24.8 Å². The van der Waals surface area contributed by atoms with E-state index in [4.69, 9.17) is 0 Å². The number of nitrogens with zero attached hydrogens (tertiary/aromatic N) is 1. The van der Waals surface area contributed by atoms with Crippen LogP contribution in [0.5, 0.6) is 0 Å². The lowest BCUT2D eigenvalue weighted by molar-refractivity contribution is -0.137. The molecule has 10 heteroatoms. The summed E-state index contributed by atoms with van der Waals surface area (Å²) in [7, 11) is -3.92. The Morgan fingerprint density at radius 2 is 1.85 bits per heavy atom. The molecule has 0 amide bonds. The number of aliphatic hydroxyl groups is 1. The number of hydrogen-bond acceptors (Lipinski definition) is 6. The van der Waals surface area contributed by atoms with Crippen molar-refractivity contribution < 1.29 is 22.7 Å². The number of ketones is 1. The van der Waals surface area contributed by atoms with E-state index in [-0.39, 0.29) is 45.8 Å². The largest absolute Gasteiger partial charge is 0.374 e. The van der Waals surface area contributed by atoms with Crippen LogP contribution < -0.4 is 10.0 Å². The number of aliphatic hydroxyl groups excluding tert-OH is 1. The Kier molecular flexibility index (Phi) is 5.28. The normalized spacial score (nSPS) is 33.7. The van der Waals surface area contributed by atoms with Gasteiger partial charge in [-0.15, -0.1) is 0 Å². The van der Waals surface area contributed by atoms with Gasteiger partial charge in [0.1, 0.15) is 22.8 Å². The second-order valence-electron chi connectivity index (χ2n) is 9.55. The van der Waals surface area contributed by atoms with Crippen LogP contribution >= 0.6 is 22.6 Å². The zero-order chi connectivity index (χ0) is 23.8. The monoisotopic (exact) mass is 595 g/mol. The smallest absolute Gasteiger partial charge is 0.265 e. The highest BCUT2D eigenvalue weighted by molar-refractivity contribution is 14.1. The fraction of sp³-hybridized carbons (Fsp3) is 0.375. The summed E-state index contributed by atoms with van der Waals surface area (Å²) < 4.78 is 42.8. The van der Waals surface area contributed by atoms with Crippen molar-refractivity contribution in [2.45, 2.75) is 43.0 Å². The van der Waals surface area contributed by atoms with Crippen molar-refractivity contribution >= 4 is 44.1 Å². The van der Waals surface area contributed by atoms with E-state index < -0.39 is 16.3 Å². The van der Waals surface area contributed by atoms with E-state index in [0.717, 1.165) is 28.4 Å². The molecule has 0 aromatic heterocycles. The lowest BCUT2D eigenvalue weighted by atomic mass is 9.75. The average molecular weight is 595 g/mol. The lowest BCUT2D eigenvalue weighted by Gasteiger charge is -2.47. The van der Waals surface area contributed by atoms with E-state index in [1.165, 1.54) is 12.1 Å². The summed E-state index contributed by atoms with van der Waals surface area (Å²) in [6.45, 7) is 0.331. The quantitative estimate of drug-likeness (QED) is 0.365. The van der Waals surface area contributed by atoms with Crippen LogP contribution in [0.15, 0.2) is 58.8 Å². The lowest BCUT2D eigenvalue weighted by Crippen LogP contribution is -2.59. The number of halogens is 2. The standard InChI is InChI=1S/C24H23FIN3O4S/c25-15-5-1-12(2-6-15)11-29-21-14-4-3-13(9-14)19(21)22(30)20(24(29)31)23-27-17-8-7-16(26)10-18(17)34(32,33)28-23/h1-2,5-8,10,13-14,19,21,24,27-28,31H,3-4,9,11H2/b23-20+/t13-,14+,19+,21-,24?/m0/s1. The zero-order valence-electron chi connectivity index (χ0n) is 18.0. The molecule has 1 saturated heterocycles. The van der Waals surface area contributed by atoms with Gasteiger partial charge in [0.2, 0.25) is 0 Å². The molecule has 7 nitrogen and oxygen atoms in total. The van der Waals surface area contributed by atoms with Crippen molar-refractivity contribution in [3.8, 4) is 0 Å². The van der Waals surface area contributed by atoms with Gasteiger partial charge in [-0.1, -0.05) is 12.1 Å². The highest BCUT2D eigenvalue weighted by atomic mass is 127. The van der Waals surface area contributed by atoms with Gasteiger partial charge in [-0.2, -0.15) is 0 Å². The Morgan fingerprint density at radius 1 is 1.12 bits per heavy atom. The molecule has 2 aliphatic heterocycles. The maximum absolute atomic E-state index is 13.8. The minimum atomic E-state index is -3.92. The molecule has 0 radical (unpaired) electrons. The second kappa shape index (κ2) is 8.00. The van der Waals surface area contributed by atoms with Crippen LogP contribution in [-0.2, 0) is 21.4 Å². The highest BCUT2D eigenvalue weighted by Gasteiger charge is 2.58. The van der Waals surface area contributed by atoms with Crippen LogP contribution in [0.2, 0.25) is 0 Å². The van der Waals surface area contributed by atoms with E-state index in [1.54, 1.807) is 30.3 Å². The number of nitrogens with one attached hydrogen (secondary N) is 2. The van der Waals surface area contributed by atoms with Gasteiger partial charge in [0.05, 0.1) is 11.3 Å². The van der Waals surface area contributed by atoms with Gasteiger partial charge in [0, 0.05) is 22.1 Å². The first-order valence-corrected chi connectivity index (χ1v) is 13.8. The first-order chi connectivity index (χ1) is 16.2. The van der Waals surface area contributed by atoms with Gasteiger partial charge in [-0.3, -0.25) is 14.4 Å². The fourth-order valence-electron chi connectivity index (χ4n) is 6.28. The Hall–Kier alpha value is -2.02. The first kappa shape index (κ1) is 22.4. The number of rotatable bonds is 2. The van der Waals surface area contributed by atoms with Crippen molar-refractivity contribution in [2.24, 2.45) is 17.8 Å². The first-order valence-electron chi connectivity index (χ1n) is 11.3. The number of piperidine rings is 1. The number of likely N-dealkylation sites (tertiary alicyclic amines) is 1. The average Bonchev–Trinajstić information content (AvgIpc) is 3.40. The van der Waals surface area contributed by atoms with Gasteiger partial charge >= 0.3 is 0 Å². The Balaban J connectivity index is 1.45. The predicted molar refractivity (Wildman–Crippen MR) is 131 cm³/mol. The summed E-state index contributed by atoms with van der Waals surface area (Å²) in [6.07, 6.45) is 1.60. The fourth-order valence-corrected chi connectivity index (χ4v) is 8.21. The molecule has 1 unspecified atom stereocenters. The molecule has 178 valence electrons. The van der Waals surface area contributed by atoms with Crippen LogP contribution in [0.4, 0.5) is 10.1 Å². The van der Waals surface area contributed by atoms with Crippen molar-refractivity contribution in [1.29, 1.82) is 0 Å². The molecule has 0 spiro atoms. The minimum absolute atomic E-state index is 0.0107. The van der Waals surface area contributed by atoms with Crippen LogP contribution in [0.25, 0.3) is 0 Å². The highest BCUT2D eigenvalue weighted by Crippen LogP contribution is 2.54. The van der Waals surface area contributed by atoms with Gasteiger partial charge in [-0.05, 0) is 89.6 Å². The molecule has 2 heterocycles. The SMILES string of the molecule is O=C1/C(=C2/Nc3ccc(I)cc3S(=O)(=O)N2)C(O)N(Cc2ccc(F)cc2)[C@H]2[C@@H]3CC[C@@H](C3)[C@@H]12. The topological polar surface area (TPSA) is 98.7 Å². The third-order valence-electron chi connectivity index (χ3n) is 7.67. The molecule has 2 aromatic carbocycles. The summed E-state index contributed by atoms with van der Waals surface area (Å²) in [5, 5.41) is 14.6. The summed E-state index contributed by atoms with van der Waals surface area (Å²) in [5.41, 5.74) is 1.23. The number of anilines is 1. The summed E-state index contributed by atoms with van der Waals surface area (Å²) in [6, 6.07) is 11.0. The molecule has 6 rings (SSSR count). The number of sulfonamides is 1. The Bertz CT molecular complexity index is 1330. The predicted octanol–water partition coefficient (Wildman–Crippen LogP) is 3.16. The minimum Gasteiger partial charge on any atom is -0.374 e. The van der Waals surface area contributed by atoms with Gasteiger partial charge in [0.25, 0.3) is 10.0 Å². The van der Waals surface area contributed by atoms with Crippen molar-refractivity contribution in [3.63, 3.8) is 0 Å². The molecule has 2 aromatic rings. The summed E-state index contributed by atoms with van der Waals surface area (Å²) in [4.78, 5) is 15.7. The summed E-state index contributed by atoms with van der Waals surface area (Å²) >= 11 is 2.04. The zero-order valence-corrected chi connectivity index (χ0v) is 21.0. The maximum atomic E-state index is 13.8. The van der Waals surface area contributed by atoms with Crippen molar-refractivity contribution in [2.75, 3.05) is 5.32 Å². The third kappa shape index (κ3) is 3.49. The van der Waals surface area contributed by atoms with Crippen molar-refractivity contribution in [3.05, 3.63) is 68.8 Å². The number of Topliss-reactive ketones (excluding diaryl/α,β-unsaturated/α-hetero) is 1. The molecule has 2 bridgehead atoms. The van der Waals surface area contributed by atoms with Gasteiger partial charge in [-0.25, -0.2) is 12.8 Å². The molecule has 4 aliphatic rings. The van der Waals surface area contributed by atoms with Crippen LogP contribution in [-0.4, -0.2) is 36.5 Å². The number of carbonyl (C=O) groups is 1. The van der Waals surface area contributed by atoms with Crippen molar-refractivity contribution in [1.82, 2.24) is 9.62 Å². The molecule has 2 aliphatic carbocycles. The van der Waals surface area contributed by atoms with E-state index >= 15 is 0 Å². The van der Waals surface area contributed by atoms with Gasteiger partial charge < -0.3 is 10.4 Å². The molecule has 3 N–H and O–H groups in total. The molecule has 5 atom stereocenters. The van der Waals surface area contributed by atoms with Crippen LogP contribution in [0.3, 0.4) is 0 Å². The molecular formula is C24H23FIN3O4S.